The fourth-order valence-corrected chi connectivity index (χ4v) is 2.77. The summed E-state index contributed by atoms with van der Waals surface area (Å²) in [7, 11) is 0. The second kappa shape index (κ2) is 7.20. The summed E-state index contributed by atoms with van der Waals surface area (Å²) in [6, 6.07) is 3.48. The first-order valence-corrected chi connectivity index (χ1v) is 7.39. The smallest absolute Gasteiger partial charge is 0.335 e. The van der Waals surface area contributed by atoms with Crippen molar-refractivity contribution in [1.29, 1.82) is 0 Å². The minimum absolute atomic E-state index is 0.0358. The molecule has 0 unspecified atom stereocenters. The third-order valence-corrected chi connectivity index (χ3v) is 3.99. The Kier molecular flexibility index (Phi) is 5.31. The highest BCUT2D eigenvalue weighted by Crippen LogP contribution is 2.27. The summed E-state index contributed by atoms with van der Waals surface area (Å²) in [5.74, 6) is -1.53. The van der Waals surface area contributed by atoms with E-state index in [1.54, 1.807) is 0 Å². The number of carboxylic acids is 1. The number of carbonyl (C=O) groups excluding carboxylic acids is 1. The second-order valence-corrected chi connectivity index (χ2v) is 5.59. The summed E-state index contributed by atoms with van der Waals surface area (Å²) in [6.07, 6.45) is 7.31. The molecule has 0 spiro atoms. The molecule has 0 heterocycles. The summed E-state index contributed by atoms with van der Waals surface area (Å²) in [4.78, 5) is 22.5. The number of carbonyl (C=O) groups is 2. The molecule has 1 saturated carbocycles. The van der Waals surface area contributed by atoms with E-state index in [4.69, 9.17) is 5.11 Å². The maximum absolute atomic E-state index is 13.7. The van der Waals surface area contributed by atoms with Gasteiger partial charge in [-0.25, -0.2) is 9.18 Å². The van der Waals surface area contributed by atoms with Crippen LogP contribution in [0.4, 0.5) is 10.1 Å². The van der Waals surface area contributed by atoms with Crippen LogP contribution in [0.1, 0.15) is 55.3 Å². The number of amides is 1. The van der Waals surface area contributed by atoms with Gasteiger partial charge in [0, 0.05) is 6.42 Å². The largest absolute Gasteiger partial charge is 0.478 e. The lowest BCUT2D eigenvalue weighted by atomic mass is 9.86. The molecule has 0 aliphatic heterocycles. The molecule has 1 fully saturated rings. The van der Waals surface area contributed by atoms with Crippen LogP contribution in [0.5, 0.6) is 0 Å². The van der Waals surface area contributed by atoms with Crippen molar-refractivity contribution in [2.75, 3.05) is 5.32 Å². The van der Waals surface area contributed by atoms with Crippen LogP contribution in [-0.2, 0) is 4.79 Å². The Hall–Kier alpha value is -1.91. The Morgan fingerprint density at radius 1 is 1.24 bits per heavy atom. The van der Waals surface area contributed by atoms with Gasteiger partial charge in [-0.05, 0) is 30.5 Å². The van der Waals surface area contributed by atoms with Crippen LogP contribution >= 0.6 is 0 Å². The van der Waals surface area contributed by atoms with Crippen LogP contribution in [0.3, 0.4) is 0 Å². The molecular weight excluding hydrogens is 273 g/mol. The fraction of sp³-hybridized carbons (Fsp3) is 0.500. The number of aromatic carboxylic acids is 1. The van der Waals surface area contributed by atoms with Crippen LogP contribution in [-0.4, -0.2) is 17.0 Å². The molecule has 4 nitrogen and oxygen atoms in total. The summed E-state index contributed by atoms with van der Waals surface area (Å²) >= 11 is 0. The van der Waals surface area contributed by atoms with Crippen LogP contribution in [0.25, 0.3) is 0 Å². The van der Waals surface area contributed by atoms with E-state index in [1.165, 1.54) is 44.2 Å². The molecule has 0 radical (unpaired) electrons. The number of anilines is 1. The molecule has 0 atom stereocenters. The third-order valence-electron chi connectivity index (χ3n) is 3.99. The molecule has 21 heavy (non-hydrogen) atoms. The molecule has 1 amide bonds. The van der Waals surface area contributed by atoms with Crippen LogP contribution in [0, 0.1) is 11.7 Å². The zero-order valence-corrected chi connectivity index (χ0v) is 11.9. The molecule has 5 heteroatoms. The average molecular weight is 293 g/mol. The van der Waals surface area contributed by atoms with Gasteiger partial charge < -0.3 is 10.4 Å². The monoisotopic (exact) mass is 293 g/mol. The Bertz CT molecular complexity index is 524. The standard InChI is InChI=1S/C16H20FNO3/c17-13-10-12(16(20)21)7-8-14(13)18-15(19)9-6-11-4-2-1-3-5-11/h7-8,10-11H,1-6,9H2,(H,18,19)(H,20,21). The number of hydrogen-bond acceptors (Lipinski definition) is 2. The highest BCUT2D eigenvalue weighted by Gasteiger charge is 2.16. The summed E-state index contributed by atoms with van der Waals surface area (Å²) in [5, 5.41) is 11.3. The van der Waals surface area contributed by atoms with Crippen LogP contribution in [0.2, 0.25) is 0 Å². The van der Waals surface area contributed by atoms with Crippen LogP contribution in [0.15, 0.2) is 18.2 Å². The predicted molar refractivity (Wildman–Crippen MR) is 77.8 cm³/mol. The van der Waals surface area contributed by atoms with E-state index in [-0.39, 0.29) is 17.2 Å². The highest BCUT2D eigenvalue weighted by molar-refractivity contribution is 5.92. The normalized spacial score (nSPS) is 15.7. The van der Waals surface area contributed by atoms with Crippen LogP contribution < -0.4 is 5.32 Å². The minimum atomic E-state index is -1.19. The van der Waals surface area contributed by atoms with E-state index in [0.29, 0.717) is 12.3 Å². The minimum Gasteiger partial charge on any atom is -0.478 e. The molecule has 0 bridgehead atoms. The Balaban J connectivity index is 1.85. The van der Waals surface area contributed by atoms with Crippen molar-refractivity contribution in [3.05, 3.63) is 29.6 Å². The average Bonchev–Trinajstić information content (AvgIpc) is 2.48. The molecule has 1 aromatic rings. The Morgan fingerprint density at radius 3 is 2.57 bits per heavy atom. The Labute approximate surface area is 123 Å². The van der Waals surface area contributed by atoms with Crippen molar-refractivity contribution in [3.8, 4) is 0 Å². The van der Waals surface area contributed by atoms with Crippen molar-refractivity contribution in [2.24, 2.45) is 5.92 Å². The zero-order valence-electron chi connectivity index (χ0n) is 11.9. The molecule has 0 saturated heterocycles. The van der Waals surface area contributed by atoms with Crippen molar-refractivity contribution in [3.63, 3.8) is 0 Å². The number of benzene rings is 1. The lowest BCUT2D eigenvalue weighted by Crippen LogP contribution is -2.15. The van der Waals surface area contributed by atoms with Gasteiger partial charge in [0.2, 0.25) is 5.91 Å². The first-order valence-electron chi connectivity index (χ1n) is 7.39. The van der Waals surface area contributed by atoms with Gasteiger partial charge in [0.15, 0.2) is 0 Å². The summed E-state index contributed by atoms with van der Waals surface area (Å²) in [6.45, 7) is 0. The van der Waals surface area contributed by atoms with Gasteiger partial charge in [0.25, 0.3) is 0 Å². The molecular formula is C16H20FNO3. The lowest BCUT2D eigenvalue weighted by Gasteiger charge is -2.21. The van der Waals surface area contributed by atoms with E-state index in [2.05, 4.69) is 5.32 Å². The van der Waals surface area contributed by atoms with Gasteiger partial charge in [-0.3, -0.25) is 4.79 Å². The number of rotatable bonds is 5. The van der Waals surface area contributed by atoms with E-state index >= 15 is 0 Å². The van der Waals surface area contributed by atoms with Gasteiger partial charge in [0.05, 0.1) is 11.3 Å². The molecule has 1 aliphatic rings. The zero-order chi connectivity index (χ0) is 15.2. The molecule has 1 aliphatic carbocycles. The van der Waals surface area contributed by atoms with Crippen molar-refractivity contribution < 1.29 is 19.1 Å². The van der Waals surface area contributed by atoms with E-state index < -0.39 is 11.8 Å². The van der Waals surface area contributed by atoms with Gasteiger partial charge in [-0.15, -0.1) is 0 Å². The highest BCUT2D eigenvalue weighted by atomic mass is 19.1. The third kappa shape index (κ3) is 4.55. The van der Waals surface area contributed by atoms with Crippen molar-refractivity contribution in [2.45, 2.75) is 44.9 Å². The molecule has 2 N–H and O–H groups in total. The molecule has 1 aromatic carbocycles. The number of halogens is 1. The van der Waals surface area contributed by atoms with Gasteiger partial charge in [0.1, 0.15) is 5.82 Å². The molecule has 0 aromatic heterocycles. The maximum Gasteiger partial charge on any atom is 0.335 e. The number of carboxylic acid groups (broad SMARTS) is 1. The summed E-state index contributed by atoms with van der Waals surface area (Å²) < 4.78 is 13.7. The molecule has 2 rings (SSSR count). The fourth-order valence-electron chi connectivity index (χ4n) is 2.77. The molecule has 114 valence electrons. The number of hydrogen-bond donors (Lipinski definition) is 2. The topological polar surface area (TPSA) is 66.4 Å². The first-order chi connectivity index (χ1) is 10.1. The van der Waals surface area contributed by atoms with Crippen molar-refractivity contribution in [1.82, 2.24) is 0 Å². The quantitative estimate of drug-likeness (QED) is 0.867. The SMILES string of the molecule is O=C(CCC1CCCCC1)Nc1ccc(C(=O)O)cc1F. The maximum atomic E-state index is 13.7. The van der Waals surface area contributed by atoms with E-state index in [9.17, 15) is 14.0 Å². The van der Waals surface area contributed by atoms with Crippen molar-refractivity contribution >= 4 is 17.6 Å². The van der Waals surface area contributed by atoms with Gasteiger partial charge in [-0.2, -0.15) is 0 Å². The second-order valence-electron chi connectivity index (χ2n) is 5.59. The van der Waals surface area contributed by atoms with Gasteiger partial charge >= 0.3 is 5.97 Å². The first kappa shape index (κ1) is 15.5. The lowest BCUT2D eigenvalue weighted by molar-refractivity contribution is -0.116. The Morgan fingerprint density at radius 2 is 1.95 bits per heavy atom. The van der Waals surface area contributed by atoms with E-state index in [1.807, 2.05) is 0 Å². The van der Waals surface area contributed by atoms with Gasteiger partial charge in [-0.1, -0.05) is 32.1 Å². The summed E-state index contributed by atoms with van der Waals surface area (Å²) in [5.41, 5.74) is -0.0960. The van der Waals surface area contributed by atoms with E-state index in [0.717, 1.165) is 12.5 Å². The predicted octanol–water partition coefficient (Wildman–Crippen LogP) is 3.82. The number of nitrogens with one attached hydrogen (secondary N) is 1.